The molecule has 0 unspecified atom stereocenters. The largest absolute Gasteiger partial charge is 0.384 e. The lowest BCUT2D eigenvalue weighted by Gasteiger charge is -2.26. The number of halogens is 1. The highest BCUT2D eigenvalue weighted by Crippen LogP contribution is 2.26. The lowest BCUT2D eigenvalue weighted by atomic mass is 10.1. The van der Waals surface area contributed by atoms with Crippen molar-refractivity contribution in [2.45, 2.75) is 10.6 Å². The fourth-order valence-corrected chi connectivity index (χ4v) is 7.36. The molecule has 0 atom stereocenters. The van der Waals surface area contributed by atoms with E-state index < -0.39 is 21.4 Å². The van der Waals surface area contributed by atoms with Gasteiger partial charge in [0.25, 0.3) is 5.56 Å². The van der Waals surface area contributed by atoms with Gasteiger partial charge in [-0.25, -0.2) is 8.42 Å². The number of ether oxygens (including phenoxy) is 1. The highest BCUT2D eigenvalue weighted by Gasteiger charge is 2.21. The van der Waals surface area contributed by atoms with Crippen LogP contribution in [-0.4, -0.2) is 68.8 Å². The standard InChI is InChI=1S/C28H28ClN3O5S2/c29-26-7-8-27(38-26)39(35,36)19-24(33)17-20-1-4-23(5-2-20)32-11-9-21-18-22(3-6-25(21)28(32)34)30-10-12-31-13-15-37-16-14-31/h1-9,11,18,30H,10,12-17,19H2. The third kappa shape index (κ3) is 6.77. The third-order valence-corrected chi connectivity index (χ3v) is 10.1. The molecule has 2 aromatic heterocycles. The van der Waals surface area contributed by atoms with Crippen LogP contribution in [0.4, 0.5) is 5.69 Å². The number of thiophene rings is 1. The predicted molar refractivity (Wildman–Crippen MR) is 155 cm³/mol. The van der Waals surface area contributed by atoms with Crippen LogP contribution in [0, 0.1) is 0 Å². The summed E-state index contributed by atoms with van der Waals surface area (Å²) in [4.78, 5) is 28.0. The summed E-state index contributed by atoms with van der Waals surface area (Å²) in [6, 6.07) is 17.5. The average molecular weight is 586 g/mol. The summed E-state index contributed by atoms with van der Waals surface area (Å²) in [6.07, 6.45) is 1.72. The number of carbonyl (C=O) groups excluding carboxylic acids is 1. The summed E-state index contributed by atoms with van der Waals surface area (Å²) >= 11 is 6.77. The zero-order valence-electron chi connectivity index (χ0n) is 21.1. The Morgan fingerprint density at radius 2 is 1.79 bits per heavy atom. The van der Waals surface area contributed by atoms with Gasteiger partial charge in [0, 0.05) is 55.6 Å². The first-order valence-corrected chi connectivity index (χ1v) is 15.4. The molecule has 0 aliphatic carbocycles. The van der Waals surface area contributed by atoms with Gasteiger partial charge in [0.1, 0.15) is 9.96 Å². The van der Waals surface area contributed by atoms with Crippen molar-refractivity contribution >= 4 is 55.0 Å². The molecule has 11 heteroatoms. The summed E-state index contributed by atoms with van der Waals surface area (Å²) < 4.78 is 32.3. The first-order chi connectivity index (χ1) is 18.8. The molecule has 1 aliphatic heterocycles. The Bertz CT molecular complexity index is 1640. The van der Waals surface area contributed by atoms with E-state index in [4.69, 9.17) is 16.3 Å². The van der Waals surface area contributed by atoms with Gasteiger partial charge in [-0.05, 0) is 59.5 Å². The van der Waals surface area contributed by atoms with Gasteiger partial charge in [-0.2, -0.15) is 0 Å². The lowest BCUT2D eigenvalue weighted by Crippen LogP contribution is -2.39. The zero-order chi connectivity index (χ0) is 27.4. The molecule has 0 bridgehead atoms. The molecule has 204 valence electrons. The first-order valence-electron chi connectivity index (χ1n) is 12.6. The molecule has 0 spiro atoms. The molecule has 4 aromatic rings. The van der Waals surface area contributed by atoms with Crippen molar-refractivity contribution < 1.29 is 17.9 Å². The van der Waals surface area contributed by atoms with E-state index in [0.717, 1.165) is 61.8 Å². The summed E-state index contributed by atoms with van der Waals surface area (Å²) in [5.41, 5.74) is 2.15. The van der Waals surface area contributed by atoms with Gasteiger partial charge in [0.15, 0.2) is 15.6 Å². The van der Waals surface area contributed by atoms with Gasteiger partial charge < -0.3 is 10.1 Å². The van der Waals surface area contributed by atoms with Crippen molar-refractivity contribution in [2.75, 3.05) is 50.5 Å². The van der Waals surface area contributed by atoms with Crippen LogP contribution in [-0.2, 0) is 25.8 Å². The minimum absolute atomic E-state index is 0.0213. The molecule has 1 fully saturated rings. The number of aromatic nitrogens is 1. The number of fused-ring (bicyclic) bond motifs is 1. The van der Waals surface area contributed by atoms with Crippen LogP contribution in [0.5, 0.6) is 0 Å². The Kier molecular flexibility index (Phi) is 8.49. The van der Waals surface area contributed by atoms with Crippen LogP contribution in [0.15, 0.2) is 75.9 Å². The molecule has 3 heterocycles. The van der Waals surface area contributed by atoms with E-state index in [-0.39, 0.29) is 16.2 Å². The quantitative estimate of drug-likeness (QED) is 0.300. The molecule has 1 saturated heterocycles. The number of hydrogen-bond acceptors (Lipinski definition) is 8. The van der Waals surface area contributed by atoms with Crippen LogP contribution in [0.25, 0.3) is 16.5 Å². The van der Waals surface area contributed by atoms with E-state index in [1.165, 1.54) is 12.1 Å². The van der Waals surface area contributed by atoms with E-state index in [2.05, 4.69) is 10.2 Å². The number of nitrogens with zero attached hydrogens (tertiary/aromatic N) is 2. The van der Waals surface area contributed by atoms with E-state index >= 15 is 0 Å². The number of morpholine rings is 1. The SMILES string of the molecule is O=C(Cc1ccc(-n2ccc3cc(NCCN4CCOCC4)ccc3c2=O)cc1)CS(=O)(=O)c1ccc(Cl)s1. The number of benzene rings is 2. The minimum atomic E-state index is -3.72. The Balaban J connectivity index is 1.23. The molecule has 8 nitrogen and oxygen atoms in total. The number of pyridine rings is 1. The Morgan fingerprint density at radius 3 is 2.51 bits per heavy atom. The van der Waals surface area contributed by atoms with E-state index in [9.17, 15) is 18.0 Å². The van der Waals surface area contributed by atoms with Gasteiger partial charge >= 0.3 is 0 Å². The third-order valence-electron chi connectivity index (χ3n) is 6.59. The minimum Gasteiger partial charge on any atom is -0.384 e. The number of carbonyl (C=O) groups is 1. The van der Waals surface area contributed by atoms with E-state index in [1.807, 2.05) is 24.3 Å². The van der Waals surface area contributed by atoms with Crippen molar-refractivity contribution in [3.8, 4) is 5.69 Å². The summed E-state index contributed by atoms with van der Waals surface area (Å²) in [5.74, 6) is -0.996. The molecule has 0 radical (unpaired) electrons. The normalized spacial score (nSPS) is 14.5. The molecular weight excluding hydrogens is 558 g/mol. The van der Waals surface area contributed by atoms with Crippen LogP contribution >= 0.6 is 22.9 Å². The van der Waals surface area contributed by atoms with Crippen molar-refractivity contribution in [3.05, 3.63) is 87.1 Å². The van der Waals surface area contributed by atoms with Gasteiger partial charge in [0.2, 0.25) is 0 Å². The Labute approximate surface area is 235 Å². The van der Waals surface area contributed by atoms with Gasteiger partial charge in [0.05, 0.1) is 17.6 Å². The molecule has 2 aromatic carbocycles. The smallest absolute Gasteiger partial charge is 0.262 e. The maximum Gasteiger partial charge on any atom is 0.262 e. The highest BCUT2D eigenvalue weighted by molar-refractivity contribution is 7.94. The van der Waals surface area contributed by atoms with E-state index in [1.54, 1.807) is 35.0 Å². The van der Waals surface area contributed by atoms with Gasteiger partial charge in [-0.3, -0.25) is 19.1 Å². The van der Waals surface area contributed by atoms with Gasteiger partial charge in [-0.15, -0.1) is 11.3 Å². The molecule has 0 saturated carbocycles. The second kappa shape index (κ2) is 12.0. The Morgan fingerprint density at radius 1 is 1.03 bits per heavy atom. The second-order valence-corrected chi connectivity index (χ2v) is 13.3. The fourth-order valence-electron chi connectivity index (χ4n) is 4.55. The maximum absolute atomic E-state index is 13.2. The monoisotopic (exact) mass is 585 g/mol. The van der Waals surface area contributed by atoms with Crippen molar-refractivity contribution in [1.29, 1.82) is 0 Å². The van der Waals surface area contributed by atoms with Gasteiger partial charge in [-0.1, -0.05) is 23.7 Å². The zero-order valence-corrected chi connectivity index (χ0v) is 23.5. The molecule has 0 amide bonds. The second-order valence-electron chi connectivity index (χ2n) is 9.37. The summed E-state index contributed by atoms with van der Waals surface area (Å²) in [6.45, 7) is 5.20. The number of rotatable bonds is 10. The number of anilines is 1. The van der Waals surface area contributed by atoms with Crippen LogP contribution in [0.3, 0.4) is 0 Å². The van der Waals surface area contributed by atoms with Crippen molar-refractivity contribution in [1.82, 2.24) is 9.47 Å². The number of ketones is 1. The predicted octanol–water partition coefficient (Wildman–Crippen LogP) is 4.04. The summed E-state index contributed by atoms with van der Waals surface area (Å²) in [5, 5.41) is 4.89. The number of hydrogen-bond donors (Lipinski definition) is 1. The van der Waals surface area contributed by atoms with Crippen LogP contribution < -0.4 is 10.9 Å². The van der Waals surface area contributed by atoms with Crippen LogP contribution in [0.1, 0.15) is 5.56 Å². The number of nitrogens with one attached hydrogen (secondary N) is 1. The molecule has 1 aliphatic rings. The molecule has 1 N–H and O–H groups in total. The maximum atomic E-state index is 13.2. The molecular formula is C28H28ClN3O5S2. The lowest BCUT2D eigenvalue weighted by molar-refractivity contribution is -0.116. The van der Waals surface area contributed by atoms with Crippen molar-refractivity contribution in [3.63, 3.8) is 0 Å². The number of Topliss-reactive ketones (excluding diaryl/α,β-unsaturated/α-hetero) is 1. The molecule has 39 heavy (non-hydrogen) atoms. The highest BCUT2D eigenvalue weighted by atomic mass is 35.5. The molecule has 5 rings (SSSR count). The van der Waals surface area contributed by atoms with E-state index in [0.29, 0.717) is 21.0 Å². The summed E-state index contributed by atoms with van der Waals surface area (Å²) in [7, 11) is -3.72. The Hall–Kier alpha value is -3.02. The number of sulfone groups is 1. The average Bonchev–Trinajstić information content (AvgIpc) is 3.37. The topological polar surface area (TPSA) is 97.7 Å². The first kappa shape index (κ1) is 27.5. The fraction of sp³-hybridized carbons (Fsp3) is 0.286. The van der Waals surface area contributed by atoms with Crippen LogP contribution in [0.2, 0.25) is 4.34 Å². The van der Waals surface area contributed by atoms with Crippen molar-refractivity contribution in [2.24, 2.45) is 0 Å².